The van der Waals surface area contributed by atoms with Crippen LogP contribution >= 0.6 is 11.8 Å². The number of hydrogen-bond donors (Lipinski definition) is 0. The van der Waals surface area contributed by atoms with Crippen molar-refractivity contribution in [1.29, 1.82) is 0 Å². The minimum Gasteiger partial charge on any atom is -0.338 e. The van der Waals surface area contributed by atoms with Crippen molar-refractivity contribution < 1.29 is 4.79 Å². The lowest BCUT2D eigenvalue weighted by Crippen LogP contribution is -2.32. The van der Waals surface area contributed by atoms with Crippen LogP contribution in [-0.4, -0.2) is 32.7 Å². The van der Waals surface area contributed by atoms with Gasteiger partial charge in [0.15, 0.2) is 5.16 Å². The fourth-order valence-corrected chi connectivity index (χ4v) is 3.90. The van der Waals surface area contributed by atoms with Crippen molar-refractivity contribution in [3.8, 4) is 0 Å². The smallest absolute Gasteiger partial charge is 0.262 e. The summed E-state index contributed by atoms with van der Waals surface area (Å²) in [5.41, 5.74) is 1.71. The van der Waals surface area contributed by atoms with E-state index in [1.807, 2.05) is 67.3 Å². The summed E-state index contributed by atoms with van der Waals surface area (Å²) in [7, 11) is 0. The van der Waals surface area contributed by atoms with E-state index in [2.05, 4.69) is 4.98 Å². The Bertz CT molecular complexity index is 986. The number of fused-ring (bicyclic) bond motifs is 1. The quantitative estimate of drug-likeness (QED) is 0.464. The fraction of sp³-hybridized carbons (Fsp3) is 0.286. The van der Waals surface area contributed by atoms with Crippen molar-refractivity contribution in [3.63, 3.8) is 0 Å². The molecule has 0 aliphatic heterocycles. The van der Waals surface area contributed by atoms with Gasteiger partial charge in [0.2, 0.25) is 5.91 Å². The molecule has 3 rings (SSSR count). The Morgan fingerprint density at radius 1 is 1.07 bits per heavy atom. The number of rotatable bonds is 7. The summed E-state index contributed by atoms with van der Waals surface area (Å²) in [5.74, 6) is 0.294. The lowest BCUT2D eigenvalue weighted by molar-refractivity contribution is -0.128. The van der Waals surface area contributed by atoms with Gasteiger partial charge in [0.25, 0.3) is 5.56 Å². The highest BCUT2D eigenvalue weighted by Crippen LogP contribution is 2.19. The van der Waals surface area contributed by atoms with E-state index in [-0.39, 0.29) is 17.2 Å². The standard InChI is InChI=1S/C21H23N3O2S/c1-3-23(14-16-10-6-5-7-11-16)19(25)15-27-21-22-18-13-9-8-12-17(18)20(26)24(21)4-2/h5-13H,3-4,14-15H2,1-2H3. The molecule has 0 radical (unpaired) electrons. The first-order valence-electron chi connectivity index (χ1n) is 9.08. The average Bonchev–Trinajstić information content (AvgIpc) is 2.71. The van der Waals surface area contributed by atoms with E-state index >= 15 is 0 Å². The van der Waals surface area contributed by atoms with Gasteiger partial charge in [-0.15, -0.1) is 0 Å². The van der Waals surface area contributed by atoms with Crippen molar-refractivity contribution in [2.45, 2.75) is 32.1 Å². The Balaban J connectivity index is 1.77. The van der Waals surface area contributed by atoms with Crippen molar-refractivity contribution in [2.24, 2.45) is 0 Å². The topological polar surface area (TPSA) is 55.2 Å². The largest absolute Gasteiger partial charge is 0.338 e. The number of carbonyl (C=O) groups excluding carboxylic acids is 1. The summed E-state index contributed by atoms with van der Waals surface area (Å²) < 4.78 is 1.63. The molecule has 0 saturated carbocycles. The molecule has 140 valence electrons. The van der Waals surface area contributed by atoms with Gasteiger partial charge in [0, 0.05) is 19.6 Å². The van der Waals surface area contributed by atoms with Gasteiger partial charge >= 0.3 is 0 Å². The van der Waals surface area contributed by atoms with E-state index < -0.39 is 0 Å². The second-order valence-electron chi connectivity index (χ2n) is 6.14. The number of amides is 1. The SMILES string of the molecule is CCN(Cc1ccccc1)C(=O)CSc1nc2ccccc2c(=O)n1CC. The summed E-state index contributed by atoms with van der Waals surface area (Å²) >= 11 is 1.32. The molecular formula is C21H23N3O2S. The number of thioether (sulfide) groups is 1. The Labute approximate surface area is 163 Å². The molecule has 0 N–H and O–H groups in total. The van der Waals surface area contributed by atoms with Crippen LogP contribution in [0.5, 0.6) is 0 Å². The van der Waals surface area contributed by atoms with Crippen molar-refractivity contribution >= 4 is 28.6 Å². The van der Waals surface area contributed by atoms with Crippen molar-refractivity contribution in [1.82, 2.24) is 14.5 Å². The zero-order valence-corrected chi connectivity index (χ0v) is 16.4. The van der Waals surface area contributed by atoms with Crippen LogP contribution in [0.1, 0.15) is 19.4 Å². The van der Waals surface area contributed by atoms with Gasteiger partial charge in [0.1, 0.15) is 0 Å². The van der Waals surface area contributed by atoms with E-state index in [0.717, 1.165) is 5.56 Å². The third kappa shape index (κ3) is 4.39. The minimum atomic E-state index is -0.0605. The molecule has 5 nitrogen and oxygen atoms in total. The molecule has 1 aromatic heterocycles. The number of nitrogens with zero attached hydrogens (tertiary/aromatic N) is 3. The number of aromatic nitrogens is 2. The van der Waals surface area contributed by atoms with E-state index in [4.69, 9.17) is 0 Å². The first-order chi connectivity index (χ1) is 13.1. The van der Waals surface area contributed by atoms with E-state index in [0.29, 0.717) is 35.7 Å². The molecule has 0 atom stereocenters. The normalized spacial score (nSPS) is 10.9. The van der Waals surface area contributed by atoms with Crippen LogP contribution in [-0.2, 0) is 17.9 Å². The second kappa shape index (κ2) is 8.86. The van der Waals surface area contributed by atoms with Gasteiger partial charge in [-0.2, -0.15) is 0 Å². The van der Waals surface area contributed by atoms with E-state index in [9.17, 15) is 9.59 Å². The maximum absolute atomic E-state index is 12.7. The van der Waals surface area contributed by atoms with Crippen LogP contribution in [0.4, 0.5) is 0 Å². The predicted octanol–water partition coefficient (Wildman–Crippen LogP) is 3.56. The molecular weight excluding hydrogens is 358 g/mol. The third-order valence-corrected chi connectivity index (χ3v) is 5.38. The maximum atomic E-state index is 12.7. The zero-order valence-electron chi connectivity index (χ0n) is 15.6. The Kier molecular flexibility index (Phi) is 6.29. The monoisotopic (exact) mass is 381 g/mol. The van der Waals surface area contributed by atoms with Gasteiger partial charge in [-0.3, -0.25) is 14.2 Å². The number of benzene rings is 2. The number of para-hydroxylation sites is 1. The van der Waals surface area contributed by atoms with Gasteiger partial charge in [-0.25, -0.2) is 4.98 Å². The van der Waals surface area contributed by atoms with Gasteiger partial charge in [0.05, 0.1) is 16.7 Å². The molecule has 2 aromatic carbocycles. The molecule has 3 aromatic rings. The Morgan fingerprint density at radius 3 is 2.48 bits per heavy atom. The molecule has 27 heavy (non-hydrogen) atoms. The first-order valence-corrected chi connectivity index (χ1v) is 10.1. The second-order valence-corrected chi connectivity index (χ2v) is 7.09. The zero-order chi connectivity index (χ0) is 19.2. The van der Waals surface area contributed by atoms with Crippen molar-refractivity contribution in [3.05, 3.63) is 70.5 Å². The average molecular weight is 382 g/mol. The Morgan fingerprint density at radius 2 is 1.78 bits per heavy atom. The fourth-order valence-electron chi connectivity index (χ4n) is 2.93. The van der Waals surface area contributed by atoms with Crippen LogP contribution in [0.15, 0.2) is 64.5 Å². The molecule has 0 aliphatic rings. The minimum absolute atomic E-state index is 0.0383. The van der Waals surface area contributed by atoms with E-state index in [1.54, 1.807) is 10.6 Å². The number of hydrogen-bond acceptors (Lipinski definition) is 4. The van der Waals surface area contributed by atoms with Crippen LogP contribution in [0, 0.1) is 0 Å². The summed E-state index contributed by atoms with van der Waals surface area (Å²) in [4.78, 5) is 31.8. The molecule has 0 saturated heterocycles. The molecule has 0 bridgehead atoms. The third-order valence-electron chi connectivity index (χ3n) is 4.42. The lowest BCUT2D eigenvalue weighted by Gasteiger charge is -2.21. The molecule has 0 unspecified atom stereocenters. The summed E-state index contributed by atoms with van der Waals surface area (Å²) in [5, 5.41) is 1.19. The van der Waals surface area contributed by atoms with E-state index in [1.165, 1.54) is 11.8 Å². The van der Waals surface area contributed by atoms with Crippen LogP contribution in [0.3, 0.4) is 0 Å². The summed E-state index contributed by atoms with van der Waals surface area (Å²) in [6.45, 7) is 5.64. The summed E-state index contributed by atoms with van der Waals surface area (Å²) in [6, 6.07) is 17.3. The highest BCUT2D eigenvalue weighted by atomic mass is 32.2. The van der Waals surface area contributed by atoms with Gasteiger partial charge in [-0.1, -0.05) is 54.2 Å². The molecule has 0 aliphatic carbocycles. The maximum Gasteiger partial charge on any atom is 0.262 e. The summed E-state index contributed by atoms with van der Waals surface area (Å²) in [6.07, 6.45) is 0. The van der Waals surface area contributed by atoms with Gasteiger partial charge < -0.3 is 4.90 Å². The Hall–Kier alpha value is -2.60. The van der Waals surface area contributed by atoms with Crippen molar-refractivity contribution in [2.75, 3.05) is 12.3 Å². The highest BCUT2D eigenvalue weighted by molar-refractivity contribution is 7.99. The van der Waals surface area contributed by atoms with Crippen LogP contribution < -0.4 is 5.56 Å². The molecule has 1 amide bonds. The lowest BCUT2D eigenvalue weighted by atomic mass is 10.2. The molecule has 0 fully saturated rings. The van der Waals surface area contributed by atoms with Crippen LogP contribution in [0.25, 0.3) is 10.9 Å². The highest BCUT2D eigenvalue weighted by Gasteiger charge is 2.16. The number of carbonyl (C=O) groups is 1. The van der Waals surface area contributed by atoms with Gasteiger partial charge in [-0.05, 0) is 31.5 Å². The predicted molar refractivity (Wildman–Crippen MR) is 110 cm³/mol. The van der Waals surface area contributed by atoms with Crippen LogP contribution in [0.2, 0.25) is 0 Å². The first kappa shape index (κ1) is 19.2. The molecule has 1 heterocycles. The molecule has 6 heteroatoms. The molecule has 0 spiro atoms.